The van der Waals surface area contributed by atoms with E-state index in [1.807, 2.05) is 105 Å². The molecular weight excluding hydrogens is 1430 g/mol. The molecule has 1 aliphatic carbocycles. The van der Waals surface area contributed by atoms with Gasteiger partial charge in [-0.25, -0.2) is 29.0 Å². The standard InChI is InChI=1S/C90H117N18O6/c1-88(2,3)70-37-58-31-64-43-76(103-49-73(94-97-103)52-106(13,14)15)45-66(82(64)109-22)33-60-39-71(89(4,5)6)41-62(86(60)113-56-80-92-26-29-101(80)11)35-68-47-78(105-51-75(96-99-105)54-108(19,20)21)48-69(84(68)111-24)36-63-42-72(90(7,8)9)40-61(87(63)114-57-81-93-27-30-102(81)12)34-67-46-77(104-50-74(95-98-104)53-107(16,17)18)44-65(83(67)110-23)32-59(38-70)85(58)112-55-79-91-25-28-100(79)10/h25-30,37-51H,31-36,52-57H2,1-24H3/q+3. The number of aromatic nitrogens is 15. The molecule has 0 aliphatic heterocycles. The zero-order valence-electron chi connectivity index (χ0n) is 71.6. The van der Waals surface area contributed by atoms with E-state index < -0.39 is 0 Å². The van der Waals surface area contributed by atoms with E-state index in [2.05, 4.69) is 199 Å². The van der Waals surface area contributed by atoms with Crippen molar-refractivity contribution in [2.24, 2.45) is 21.1 Å². The average molecular weight is 1550 g/mol. The first-order chi connectivity index (χ1) is 53.7. The van der Waals surface area contributed by atoms with Crippen molar-refractivity contribution >= 4 is 0 Å². The van der Waals surface area contributed by atoms with E-state index in [9.17, 15) is 0 Å². The molecule has 0 N–H and O–H groups in total. The van der Waals surface area contributed by atoms with E-state index in [1.54, 1.807) is 21.3 Å². The molecule has 6 aromatic heterocycles. The molecule has 6 aromatic carbocycles. The molecule has 114 heavy (non-hydrogen) atoms. The van der Waals surface area contributed by atoms with Gasteiger partial charge in [-0.3, -0.25) is 0 Å². The van der Waals surface area contributed by atoms with Gasteiger partial charge in [0.05, 0.1) is 120 Å². The second-order valence-corrected chi connectivity index (χ2v) is 37.1. The molecule has 13 rings (SSSR count). The van der Waals surface area contributed by atoms with Crippen molar-refractivity contribution in [1.29, 1.82) is 0 Å². The minimum Gasteiger partial charge on any atom is -0.496 e. The number of fused-ring (bicyclic) bond motifs is 12. The largest absolute Gasteiger partial charge is 0.496 e. The molecule has 12 aromatic rings. The molecule has 1 aliphatic rings. The zero-order chi connectivity index (χ0) is 81.7. The molecule has 12 bridgehead atoms. The Morgan fingerprint density at radius 3 is 0.702 bits per heavy atom. The fraction of sp³-hybridized carbons (Fsp3) is 0.433. The maximum Gasteiger partial charge on any atom is 0.146 e. The third-order valence-electron chi connectivity index (χ3n) is 21.0. The van der Waals surface area contributed by atoms with Crippen LogP contribution in [0.3, 0.4) is 0 Å². The van der Waals surface area contributed by atoms with E-state index in [0.29, 0.717) is 88.9 Å². The Labute approximate surface area is 672 Å². The van der Waals surface area contributed by atoms with Crippen LogP contribution >= 0.6 is 0 Å². The van der Waals surface area contributed by atoms with Gasteiger partial charge in [-0.1, -0.05) is 114 Å². The molecule has 24 heteroatoms. The number of rotatable bonds is 21. The van der Waals surface area contributed by atoms with Crippen LogP contribution in [0.2, 0.25) is 0 Å². The topological polar surface area (TPSA) is 201 Å². The van der Waals surface area contributed by atoms with Crippen LogP contribution in [0.4, 0.5) is 0 Å². The van der Waals surface area contributed by atoms with Crippen LogP contribution in [0.15, 0.2) is 129 Å². The van der Waals surface area contributed by atoms with Crippen LogP contribution < -0.4 is 28.4 Å². The molecule has 0 fully saturated rings. The zero-order valence-corrected chi connectivity index (χ0v) is 71.6. The summed E-state index contributed by atoms with van der Waals surface area (Å²) < 4.78 is 56.9. The first-order valence-corrected chi connectivity index (χ1v) is 39.2. The number of aryl methyl sites for hydroxylation is 3. The van der Waals surface area contributed by atoms with Crippen LogP contribution in [0.5, 0.6) is 34.5 Å². The quantitative estimate of drug-likeness (QED) is 0.0615. The normalized spacial score (nSPS) is 13.3. The maximum atomic E-state index is 7.45. The monoisotopic (exact) mass is 1550 g/mol. The highest BCUT2D eigenvalue weighted by Crippen LogP contribution is 2.46. The van der Waals surface area contributed by atoms with Crippen molar-refractivity contribution in [3.05, 3.63) is 247 Å². The molecule has 0 atom stereocenters. The predicted molar refractivity (Wildman–Crippen MR) is 444 cm³/mol. The van der Waals surface area contributed by atoms with Crippen molar-refractivity contribution in [2.45, 2.75) is 157 Å². The summed E-state index contributed by atoms with van der Waals surface area (Å²) in [6, 6.07) is 27.1. The molecule has 6 heterocycles. The molecule has 0 spiro atoms. The molecular formula is C90H117N18O6+3. The Balaban J connectivity index is 1.15. The summed E-state index contributed by atoms with van der Waals surface area (Å²) in [6.45, 7) is 23.0. The van der Waals surface area contributed by atoms with Crippen LogP contribution in [-0.4, -0.2) is 172 Å². The maximum absolute atomic E-state index is 7.45. The molecule has 0 amide bonds. The van der Waals surface area contributed by atoms with Crippen molar-refractivity contribution < 1.29 is 41.9 Å². The number of quaternary nitrogens is 3. The fourth-order valence-electron chi connectivity index (χ4n) is 15.3. The van der Waals surface area contributed by atoms with E-state index in [1.165, 1.54) is 0 Å². The lowest BCUT2D eigenvalue weighted by Crippen LogP contribution is -2.33. The van der Waals surface area contributed by atoms with Gasteiger partial charge in [0.25, 0.3) is 0 Å². The Kier molecular flexibility index (Phi) is 22.6. The number of benzene rings is 6. The van der Waals surface area contributed by atoms with E-state index in [4.69, 9.17) is 74.3 Å². The summed E-state index contributed by atoms with van der Waals surface area (Å²) >= 11 is 0. The Bertz CT molecular complexity index is 4790. The van der Waals surface area contributed by atoms with Crippen LogP contribution in [0, 0.1) is 0 Å². The van der Waals surface area contributed by atoms with E-state index in [-0.39, 0.29) is 36.1 Å². The SMILES string of the molecule is COc1c2cc(-n3cc(C[N+](C)(C)C)nn3)cc1Cc1cc(C(C)(C)C)cc(c1OCc1nccn1C)Cc1cc(-n3cc(C[N+](C)(C)C)nn3)cc(c1OC)Cc1cc(C(C)(C)C)cc(c1OCc1nccn1C)Cc1cc(-n3cc(C[N+](C)(C)C)nn3)cc(c1OC)Cc1cc(C(C)(C)C)cc(c1OCc1nccn1C)C2. The first kappa shape index (κ1) is 81.1. The smallest absolute Gasteiger partial charge is 0.146 e. The van der Waals surface area contributed by atoms with E-state index in [0.717, 1.165) is 152 Å². The second-order valence-electron chi connectivity index (χ2n) is 37.1. The van der Waals surface area contributed by atoms with Gasteiger partial charge in [-0.15, -0.1) is 15.3 Å². The van der Waals surface area contributed by atoms with Gasteiger partial charge in [0, 0.05) is 130 Å². The number of nitrogens with zero attached hydrogens (tertiary/aromatic N) is 18. The number of imidazole rings is 3. The van der Waals surface area contributed by atoms with Crippen LogP contribution in [0.1, 0.15) is 180 Å². The van der Waals surface area contributed by atoms with Gasteiger partial charge < -0.3 is 55.6 Å². The average Bonchev–Trinajstić information content (AvgIpc) is 1.15. The minimum absolute atomic E-state index is 0.182. The molecule has 600 valence electrons. The van der Waals surface area contributed by atoms with Gasteiger partial charge in [-0.2, -0.15) is 0 Å². The van der Waals surface area contributed by atoms with Gasteiger partial charge in [0.1, 0.15) is 109 Å². The first-order valence-electron chi connectivity index (χ1n) is 39.2. The van der Waals surface area contributed by atoms with Crippen molar-refractivity contribution in [1.82, 2.24) is 73.6 Å². The number of methoxy groups -OCH3 is 3. The lowest BCUT2D eigenvalue weighted by molar-refractivity contribution is -0.884. The van der Waals surface area contributed by atoms with Crippen LogP contribution in [-0.2, 0) is 115 Å². The summed E-state index contributed by atoms with van der Waals surface area (Å²) in [5.41, 5.74) is 18.5. The predicted octanol–water partition coefficient (Wildman–Crippen LogP) is 13.8. The number of hydrogen-bond acceptors (Lipinski definition) is 15. The third kappa shape index (κ3) is 18.8. The summed E-state index contributed by atoms with van der Waals surface area (Å²) in [6.07, 6.45) is 19.7. The Morgan fingerprint density at radius 2 is 0.526 bits per heavy atom. The van der Waals surface area contributed by atoms with Gasteiger partial charge in [0.15, 0.2) is 0 Å². The molecule has 0 unspecified atom stereocenters. The van der Waals surface area contributed by atoms with Gasteiger partial charge in [0.2, 0.25) is 0 Å². The summed E-state index contributed by atoms with van der Waals surface area (Å²) in [5, 5.41) is 29.2. The summed E-state index contributed by atoms with van der Waals surface area (Å²) in [7, 11) is 30.8. The van der Waals surface area contributed by atoms with Crippen molar-refractivity contribution in [3.8, 4) is 51.6 Å². The number of ether oxygens (including phenoxy) is 6. The Hall–Kier alpha value is -11.0. The fourth-order valence-corrected chi connectivity index (χ4v) is 15.3. The summed E-state index contributed by atoms with van der Waals surface area (Å²) in [5.74, 6) is 6.59. The lowest BCUT2D eigenvalue weighted by atomic mass is 9.81. The highest BCUT2D eigenvalue weighted by Gasteiger charge is 2.32. The molecule has 24 nitrogen and oxygen atoms in total. The highest BCUT2D eigenvalue weighted by atomic mass is 16.5. The van der Waals surface area contributed by atoms with E-state index >= 15 is 0 Å². The van der Waals surface area contributed by atoms with Gasteiger partial charge >= 0.3 is 0 Å². The lowest BCUT2D eigenvalue weighted by Gasteiger charge is -2.27. The minimum atomic E-state index is -0.344. The van der Waals surface area contributed by atoms with Crippen LogP contribution in [0.25, 0.3) is 17.1 Å². The molecule has 0 saturated carbocycles. The van der Waals surface area contributed by atoms with Crippen molar-refractivity contribution in [3.63, 3.8) is 0 Å². The van der Waals surface area contributed by atoms with Gasteiger partial charge in [-0.05, 0) is 103 Å². The summed E-state index contributed by atoms with van der Waals surface area (Å²) in [4.78, 5) is 14.5. The molecule has 0 saturated heterocycles. The highest BCUT2D eigenvalue weighted by molar-refractivity contribution is 5.63. The third-order valence-corrected chi connectivity index (χ3v) is 21.0. The molecule has 0 radical (unpaired) electrons. The Morgan fingerprint density at radius 1 is 0.316 bits per heavy atom. The van der Waals surface area contributed by atoms with Crippen molar-refractivity contribution in [2.75, 3.05) is 84.8 Å². The number of hydrogen-bond donors (Lipinski definition) is 0. The second kappa shape index (κ2) is 31.8.